The second-order valence-electron chi connectivity index (χ2n) is 8.97. The Balaban J connectivity index is 1.27. The summed E-state index contributed by atoms with van der Waals surface area (Å²) in [6.07, 6.45) is 7.13. The first-order chi connectivity index (χ1) is 16.9. The zero-order chi connectivity index (χ0) is 24.7. The highest BCUT2D eigenvalue weighted by Gasteiger charge is 2.16. The zero-order valence-corrected chi connectivity index (χ0v) is 20.6. The summed E-state index contributed by atoms with van der Waals surface area (Å²) in [6.45, 7) is 5.59. The molecule has 1 unspecified atom stereocenters. The molecule has 2 N–H and O–H groups in total. The topological polar surface area (TPSA) is 91.7 Å². The third-order valence-corrected chi connectivity index (χ3v) is 7.42. The van der Waals surface area contributed by atoms with Crippen LogP contribution < -0.4 is 10.0 Å². The number of anilines is 1. The van der Waals surface area contributed by atoms with E-state index in [4.69, 9.17) is 4.42 Å². The molecule has 4 rings (SSSR count). The summed E-state index contributed by atoms with van der Waals surface area (Å²) in [4.78, 5) is 15.0. The number of carbonyl (C=O) groups excluding carboxylic acids is 1. The molecule has 1 amide bonds. The highest BCUT2D eigenvalue weighted by Crippen LogP contribution is 2.19. The predicted octanol–water partition coefficient (Wildman–Crippen LogP) is 4.64. The lowest BCUT2D eigenvalue weighted by Crippen LogP contribution is -2.33. The van der Waals surface area contributed by atoms with Crippen LogP contribution in [-0.4, -0.2) is 32.3 Å². The predicted molar refractivity (Wildman–Crippen MR) is 137 cm³/mol. The average molecular weight is 494 g/mol. The third-order valence-electron chi connectivity index (χ3n) is 6.00. The number of carbonyl (C=O) groups is 1. The van der Waals surface area contributed by atoms with E-state index in [1.807, 2.05) is 12.1 Å². The summed E-state index contributed by atoms with van der Waals surface area (Å²) in [5.41, 5.74) is 2.69. The summed E-state index contributed by atoms with van der Waals surface area (Å²) in [5, 5.41) is 2.86. The Hall–Kier alpha value is -3.20. The Morgan fingerprint density at radius 3 is 2.57 bits per heavy atom. The SMILES string of the molecule is CC1CCCN(Cc2ccc(NC(=O)/C=C/c3ccc(S(=O)(=O)NCc4ccco4)cc3)cc2)C1. The molecule has 3 aromatic rings. The molecule has 1 aromatic heterocycles. The maximum Gasteiger partial charge on any atom is 0.248 e. The Bertz CT molecular complexity index is 1230. The Kier molecular flexibility index (Phi) is 8.17. The molecule has 1 aliphatic rings. The van der Waals surface area contributed by atoms with E-state index >= 15 is 0 Å². The second kappa shape index (κ2) is 11.5. The fourth-order valence-corrected chi connectivity index (χ4v) is 5.15. The molecular formula is C27H31N3O4S. The van der Waals surface area contributed by atoms with Crippen LogP contribution in [0.4, 0.5) is 5.69 Å². The first-order valence-corrected chi connectivity index (χ1v) is 13.3. The van der Waals surface area contributed by atoms with E-state index in [0.29, 0.717) is 5.76 Å². The van der Waals surface area contributed by atoms with Gasteiger partial charge in [-0.1, -0.05) is 31.2 Å². The monoisotopic (exact) mass is 493 g/mol. The van der Waals surface area contributed by atoms with Crippen molar-refractivity contribution < 1.29 is 17.6 Å². The van der Waals surface area contributed by atoms with Crippen molar-refractivity contribution in [3.05, 3.63) is 89.9 Å². The van der Waals surface area contributed by atoms with Gasteiger partial charge in [-0.3, -0.25) is 9.69 Å². The quantitative estimate of drug-likeness (QED) is 0.424. The van der Waals surface area contributed by atoms with Crippen molar-refractivity contribution in [2.45, 2.75) is 37.8 Å². The normalized spacial score (nSPS) is 17.0. The molecule has 35 heavy (non-hydrogen) atoms. The highest BCUT2D eigenvalue weighted by atomic mass is 32.2. The Morgan fingerprint density at radius 1 is 1.11 bits per heavy atom. The molecule has 0 radical (unpaired) electrons. The highest BCUT2D eigenvalue weighted by molar-refractivity contribution is 7.89. The van der Waals surface area contributed by atoms with Gasteiger partial charge in [-0.15, -0.1) is 0 Å². The molecular weight excluding hydrogens is 462 g/mol. The van der Waals surface area contributed by atoms with Gasteiger partial charge in [0.05, 0.1) is 17.7 Å². The molecule has 1 fully saturated rings. The van der Waals surface area contributed by atoms with Crippen LogP contribution in [0.3, 0.4) is 0 Å². The zero-order valence-electron chi connectivity index (χ0n) is 19.8. The standard InChI is InChI=1S/C27H31N3O4S/c1-21-4-2-16-30(19-21)20-23-6-11-24(12-7-23)29-27(31)15-10-22-8-13-26(14-9-22)35(32,33)28-18-25-5-3-17-34-25/h3,5-15,17,21,28H,2,4,16,18-20H2,1H3,(H,29,31)/b15-10+. The Morgan fingerprint density at radius 2 is 1.89 bits per heavy atom. The van der Waals surface area contributed by atoms with Crippen LogP contribution in [0, 0.1) is 5.92 Å². The second-order valence-corrected chi connectivity index (χ2v) is 10.7. The van der Waals surface area contributed by atoms with Gasteiger partial charge in [-0.25, -0.2) is 13.1 Å². The number of hydrogen-bond acceptors (Lipinski definition) is 5. The van der Waals surface area contributed by atoms with Crippen LogP contribution in [0.5, 0.6) is 0 Å². The van der Waals surface area contributed by atoms with Gasteiger partial charge < -0.3 is 9.73 Å². The van der Waals surface area contributed by atoms with Gasteiger partial charge in [0.1, 0.15) is 5.76 Å². The van der Waals surface area contributed by atoms with Crippen molar-refractivity contribution in [1.29, 1.82) is 0 Å². The lowest BCUT2D eigenvalue weighted by molar-refractivity contribution is -0.111. The van der Waals surface area contributed by atoms with E-state index in [1.165, 1.54) is 42.9 Å². The van der Waals surface area contributed by atoms with Crippen molar-refractivity contribution in [3.63, 3.8) is 0 Å². The van der Waals surface area contributed by atoms with Gasteiger partial charge in [0.15, 0.2) is 0 Å². The minimum Gasteiger partial charge on any atom is -0.468 e. The largest absolute Gasteiger partial charge is 0.468 e. The van der Waals surface area contributed by atoms with Crippen LogP contribution in [0.1, 0.15) is 36.7 Å². The number of hydrogen-bond donors (Lipinski definition) is 2. The van der Waals surface area contributed by atoms with Gasteiger partial charge >= 0.3 is 0 Å². The third kappa shape index (κ3) is 7.39. The van der Waals surface area contributed by atoms with Gasteiger partial charge in [0.2, 0.25) is 15.9 Å². The summed E-state index contributed by atoms with van der Waals surface area (Å²) < 4.78 is 32.5. The van der Waals surface area contributed by atoms with Gasteiger partial charge in [0, 0.05) is 24.9 Å². The minimum atomic E-state index is -3.66. The number of rotatable bonds is 9. The number of amides is 1. The molecule has 0 spiro atoms. The lowest BCUT2D eigenvalue weighted by Gasteiger charge is -2.30. The van der Waals surface area contributed by atoms with E-state index in [-0.39, 0.29) is 17.3 Å². The van der Waals surface area contributed by atoms with Crippen molar-refractivity contribution in [2.24, 2.45) is 5.92 Å². The lowest BCUT2D eigenvalue weighted by atomic mass is 10.00. The molecule has 1 aliphatic heterocycles. The number of likely N-dealkylation sites (tertiary alicyclic amines) is 1. The van der Waals surface area contributed by atoms with Crippen LogP contribution in [0.15, 0.2) is 82.3 Å². The van der Waals surface area contributed by atoms with Crippen LogP contribution in [-0.2, 0) is 27.9 Å². The molecule has 7 nitrogen and oxygen atoms in total. The molecule has 1 saturated heterocycles. The van der Waals surface area contributed by atoms with Gasteiger partial charge in [0.25, 0.3) is 0 Å². The number of piperidine rings is 1. The molecule has 8 heteroatoms. The van der Waals surface area contributed by atoms with Gasteiger partial charge in [-0.2, -0.15) is 0 Å². The number of nitrogens with one attached hydrogen (secondary N) is 2. The summed E-state index contributed by atoms with van der Waals surface area (Å²) in [5.74, 6) is 1.03. The summed E-state index contributed by atoms with van der Waals surface area (Å²) >= 11 is 0. The van der Waals surface area contributed by atoms with Crippen molar-refractivity contribution in [2.75, 3.05) is 18.4 Å². The fourth-order valence-electron chi connectivity index (χ4n) is 4.16. The number of furan rings is 1. The molecule has 0 bridgehead atoms. The summed E-state index contributed by atoms with van der Waals surface area (Å²) in [6, 6.07) is 17.7. The number of sulfonamides is 1. The summed E-state index contributed by atoms with van der Waals surface area (Å²) in [7, 11) is -3.66. The van der Waals surface area contributed by atoms with E-state index in [9.17, 15) is 13.2 Å². The van der Waals surface area contributed by atoms with Crippen molar-refractivity contribution in [1.82, 2.24) is 9.62 Å². The van der Waals surface area contributed by atoms with Crippen molar-refractivity contribution in [3.8, 4) is 0 Å². The molecule has 184 valence electrons. The average Bonchev–Trinajstić information content (AvgIpc) is 3.37. The maximum absolute atomic E-state index is 12.4. The van der Waals surface area contributed by atoms with E-state index in [0.717, 1.165) is 36.8 Å². The Labute approximate surface area is 206 Å². The molecule has 0 aliphatic carbocycles. The van der Waals surface area contributed by atoms with E-state index in [1.54, 1.807) is 30.3 Å². The van der Waals surface area contributed by atoms with E-state index < -0.39 is 10.0 Å². The smallest absolute Gasteiger partial charge is 0.248 e. The molecule has 0 saturated carbocycles. The van der Waals surface area contributed by atoms with E-state index in [2.05, 4.69) is 34.0 Å². The molecule has 2 heterocycles. The number of nitrogens with zero attached hydrogens (tertiary/aromatic N) is 1. The van der Waals surface area contributed by atoms with Crippen LogP contribution in [0.25, 0.3) is 6.08 Å². The van der Waals surface area contributed by atoms with Gasteiger partial charge in [-0.05, 0) is 78.9 Å². The first kappa shape index (κ1) is 24.9. The number of benzene rings is 2. The fraction of sp³-hybridized carbons (Fsp3) is 0.296. The molecule has 2 aromatic carbocycles. The molecule has 1 atom stereocenters. The maximum atomic E-state index is 12.4. The van der Waals surface area contributed by atoms with Crippen LogP contribution in [0.2, 0.25) is 0 Å². The van der Waals surface area contributed by atoms with Crippen LogP contribution >= 0.6 is 0 Å². The first-order valence-electron chi connectivity index (χ1n) is 11.8. The van der Waals surface area contributed by atoms with Crippen molar-refractivity contribution >= 4 is 27.7 Å². The minimum absolute atomic E-state index is 0.0790.